The van der Waals surface area contributed by atoms with E-state index in [1.54, 1.807) is 0 Å². The number of hydrogen-bond acceptors (Lipinski definition) is 2. The van der Waals surface area contributed by atoms with Crippen LogP contribution in [0.3, 0.4) is 0 Å². The molecular formula is C20H24N2S. The van der Waals surface area contributed by atoms with Crippen LogP contribution < -0.4 is 0 Å². The zero-order chi connectivity index (χ0) is 16.8. The van der Waals surface area contributed by atoms with Gasteiger partial charge in [-0.2, -0.15) is 0 Å². The topological polar surface area (TPSA) is 15.6 Å². The summed E-state index contributed by atoms with van der Waals surface area (Å²) in [5.74, 6) is 0. The van der Waals surface area contributed by atoms with Crippen LogP contribution in [0.2, 0.25) is 0 Å². The highest BCUT2D eigenvalue weighted by Gasteiger charge is 2.13. The lowest BCUT2D eigenvalue weighted by Gasteiger charge is -2.23. The Morgan fingerprint density at radius 1 is 1.17 bits per heavy atom. The zero-order valence-electron chi connectivity index (χ0n) is 14.3. The van der Waals surface area contributed by atoms with E-state index in [1.807, 2.05) is 19.2 Å². The van der Waals surface area contributed by atoms with Crippen molar-refractivity contribution in [1.82, 2.24) is 4.90 Å². The first-order valence-corrected chi connectivity index (χ1v) is 8.39. The fraction of sp³-hybridized carbons (Fsp3) is 0.300. The Morgan fingerprint density at radius 3 is 2.57 bits per heavy atom. The highest BCUT2D eigenvalue weighted by Crippen LogP contribution is 2.21. The summed E-state index contributed by atoms with van der Waals surface area (Å²) >= 11 is 5.73. The monoisotopic (exact) mass is 324 g/mol. The molecule has 2 rings (SSSR count). The van der Waals surface area contributed by atoms with E-state index in [2.05, 4.69) is 67.2 Å². The molecule has 2 aromatic rings. The van der Waals surface area contributed by atoms with E-state index >= 15 is 0 Å². The summed E-state index contributed by atoms with van der Waals surface area (Å²) in [6, 6.07) is 14.7. The van der Waals surface area contributed by atoms with Crippen molar-refractivity contribution < 1.29 is 0 Å². The van der Waals surface area contributed by atoms with Gasteiger partial charge in [-0.05, 0) is 55.2 Å². The lowest BCUT2D eigenvalue weighted by Crippen LogP contribution is -2.26. The predicted octanol–water partition coefficient (Wildman–Crippen LogP) is 5.09. The highest BCUT2D eigenvalue weighted by atomic mass is 32.1. The Kier molecular flexibility index (Phi) is 6.05. The van der Waals surface area contributed by atoms with E-state index in [9.17, 15) is 0 Å². The van der Waals surface area contributed by atoms with Gasteiger partial charge in [-0.1, -0.05) is 43.4 Å². The minimum atomic E-state index is 0.823. The molecule has 0 aromatic heterocycles. The zero-order valence-corrected chi connectivity index (χ0v) is 15.2. The molecule has 23 heavy (non-hydrogen) atoms. The molecule has 2 aromatic carbocycles. The van der Waals surface area contributed by atoms with Crippen LogP contribution in [0, 0.1) is 6.92 Å². The maximum absolute atomic E-state index is 5.73. The average Bonchev–Trinajstić information content (AvgIpc) is 2.56. The minimum absolute atomic E-state index is 0.823. The van der Waals surface area contributed by atoms with Gasteiger partial charge in [-0.3, -0.25) is 4.99 Å². The summed E-state index contributed by atoms with van der Waals surface area (Å²) in [6.07, 6.45) is 2.76. The standard InChI is InChI=1S/C20H24N2S/c1-5-16-13-18(21-6-2)11-12-19(16)20(23)22(4)14-17-10-8-7-9-15(17)3/h6-13H,5,14H2,1-4H3/b21-6+. The Hall–Kier alpha value is -2.00. The Balaban J connectivity index is 2.24. The molecule has 0 saturated carbocycles. The summed E-state index contributed by atoms with van der Waals surface area (Å²) in [5, 5.41) is 0. The number of hydrogen-bond donors (Lipinski definition) is 0. The summed E-state index contributed by atoms with van der Waals surface area (Å²) < 4.78 is 0. The van der Waals surface area contributed by atoms with Gasteiger partial charge in [0.15, 0.2) is 0 Å². The number of nitrogens with zero attached hydrogens (tertiary/aromatic N) is 2. The first-order chi connectivity index (χ1) is 11.1. The van der Waals surface area contributed by atoms with Gasteiger partial charge < -0.3 is 4.90 Å². The lowest BCUT2D eigenvalue weighted by atomic mass is 10.0. The Labute approximate surface area is 144 Å². The van der Waals surface area contributed by atoms with Crippen molar-refractivity contribution in [2.24, 2.45) is 4.99 Å². The second-order valence-corrected chi connectivity index (χ2v) is 6.06. The maximum atomic E-state index is 5.73. The number of aryl methyl sites for hydroxylation is 2. The van der Waals surface area contributed by atoms with Gasteiger partial charge in [-0.15, -0.1) is 0 Å². The normalized spacial score (nSPS) is 11.0. The van der Waals surface area contributed by atoms with E-state index in [1.165, 1.54) is 16.7 Å². The fourth-order valence-corrected chi connectivity index (χ4v) is 2.89. The number of rotatable bonds is 5. The second kappa shape index (κ2) is 8.02. The first-order valence-electron chi connectivity index (χ1n) is 7.98. The van der Waals surface area contributed by atoms with Gasteiger partial charge in [-0.25, -0.2) is 0 Å². The molecule has 0 fully saturated rings. The van der Waals surface area contributed by atoms with Crippen molar-refractivity contribution in [3.8, 4) is 0 Å². The molecule has 0 N–H and O–H groups in total. The van der Waals surface area contributed by atoms with E-state index in [0.717, 1.165) is 29.2 Å². The van der Waals surface area contributed by atoms with Crippen LogP contribution in [-0.2, 0) is 13.0 Å². The number of benzene rings is 2. The first kappa shape index (κ1) is 17.4. The molecule has 0 saturated heterocycles. The van der Waals surface area contributed by atoms with Crippen molar-refractivity contribution in [2.45, 2.75) is 33.7 Å². The molecule has 0 bridgehead atoms. The van der Waals surface area contributed by atoms with Crippen molar-refractivity contribution >= 4 is 29.1 Å². The molecule has 0 aliphatic heterocycles. The molecule has 0 amide bonds. The summed E-state index contributed by atoms with van der Waals surface area (Å²) in [5.41, 5.74) is 5.97. The lowest BCUT2D eigenvalue weighted by molar-refractivity contribution is 0.509. The van der Waals surface area contributed by atoms with Gasteiger partial charge >= 0.3 is 0 Å². The van der Waals surface area contributed by atoms with Crippen molar-refractivity contribution in [1.29, 1.82) is 0 Å². The van der Waals surface area contributed by atoms with E-state index in [4.69, 9.17) is 12.2 Å². The largest absolute Gasteiger partial charge is 0.361 e. The molecule has 0 unspecified atom stereocenters. The van der Waals surface area contributed by atoms with E-state index in [-0.39, 0.29) is 0 Å². The van der Waals surface area contributed by atoms with E-state index in [0.29, 0.717) is 0 Å². The summed E-state index contributed by atoms with van der Waals surface area (Å²) in [7, 11) is 2.06. The van der Waals surface area contributed by atoms with Crippen LogP contribution in [-0.4, -0.2) is 23.2 Å². The summed E-state index contributed by atoms with van der Waals surface area (Å²) in [6.45, 7) is 7.05. The van der Waals surface area contributed by atoms with Crippen molar-refractivity contribution in [3.05, 3.63) is 64.7 Å². The predicted molar refractivity (Wildman–Crippen MR) is 104 cm³/mol. The second-order valence-electron chi connectivity index (χ2n) is 5.67. The molecule has 0 aliphatic carbocycles. The third kappa shape index (κ3) is 4.26. The minimum Gasteiger partial charge on any atom is -0.361 e. The molecule has 0 atom stereocenters. The number of aliphatic imine (C=N–C) groups is 1. The van der Waals surface area contributed by atoms with E-state index < -0.39 is 0 Å². The van der Waals surface area contributed by atoms with Crippen LogP contribution in [0.5, 0.6) is 0 Å². The Morgan fingerprint density at radius 2 is 1.91 bits per heavy atom. The molecule has 0 heterocycles. The van der Waals surface area contributed by atoms with Crippen LogP contribution in [0.4, 0.5) is 5.69 Å². The Bertz CT molecular complexity index is 719. The van der Waals surface area contributed by atoms with Crippen molar-refractivity contribution in [2.75, 3.05) is 7.05 Å². The van der Waals surface area contributed by atoms with Gasteiger partial charge in [0, 0.05) is 25.4 Å². The van der Waals surface area contributed by atoms with Gasteiger partial charge in [0.2, 0.25) is 0 Å². The molecule has 0 aliphatic rings. The maximum Gasteiger partial charge on any atom is 0.109 e. The van der Waals surface area contributed by atoms with Gasteiger partial charge in [0.25, 0.3) is 0 Å². The third-order valence-electron chi connectivity index (χ3n) is 3.99. The highest BCUT2D eigenvalue weighted by molar-refractivity contribution is 7.80. The molecule has 2 nitrogen and oxygen atoms in total. The number of thiocarbonyl (C=S) groups is 1. The van der Waals surface area contributed by atoms with Gasteiger partial charge in [0.05, 0.1) is 5.69 Å². The molecule has 0 radical (unpaired) electrons. The quantitative estimate of drug-likeness (QED) is 0.562. The van der Waals surface area contributed by atoms with Gasteiger partial charge in [0.1, 0.15) is 4.99 Å². The summed E-state index contributed by atoms with van der Waals surface area (Å²) in [4.78, 5) is 7.39. The fourth-order valence-electron chi connectivity index (χ4n) is 2.63. The van der Waals surface area contributed by atoms with Crippen LogP contribution in [0.1, 0.15) is 36.1 Å². The third-order valence-corrected chi connectivity index (χ3v) is 4.53. The van der Waals surface area contributed by atoms with Crippen LogP contribution >= 0.6 is 12.2 Å². The molecule has 3 heteroatoms. The van der Waals surface area contributed by atoms with Crippen LogP contribution in [0.15, 0.2) is 47.5 Å². The average molecular weight is 324 g/mol. The molecule has 0 spiro atoms. The molecule has 120 valence electrons. The SMILES string of the molecule is C/C=N/c1ccc(C(=S)N(C)Cc2ccccc2C)c(CC)c1. The van der Waals surface area contributed by atoms with Crippen molar-refractivity contribution in [3.63, 3.8) is 0 Å². The molecular weight excluding hydrogens is 300 g/mol. The smallest absolute Gasteiger partial charge is 0.109 e. The van der Waals surface area contributed by atoms with Crippen LogP contribution in [0.25, 0.3) is 0 Å².